The predicted molar refractivity (Wildman–Crippen MR) is 70.0 cm³/mol. The molecule has 0 saturated carbocycles. The molecule has 4 heteroatoms. The number of carbonyl (C=O) groups is 1. The molecule has 4 nitrogen and oxygen atoms in total. The molecule has 1 aromatic heterocycles. The molecule has 0 aromatic carbocycles. The maximum atomic E-state index is 11.9. The van der Waals surface area contributed by atoms with Crippen LogP contribution >= 0.6 is 0 Å². The van der Waals surface area contributed by atoms with Gasteiger partial charge in [0.25, 0.3) is 0 Å². The number of aromatic nitrogens is 1. The number of hydrogen-bond acceptors (Lipinski definition) is 3. The van der Waals surface area contributed by atoms with Crippen molar-refractivity contribution in [3.8, 4) is 0 Å². The molecule has 0 spiro atoms. The van der Waals surface area contributed by atoms with Crippen LogP contribution in [0.2, 0.25) is 0 Å². The second-order valence-corrected chi connectivity index (χ2v) is 5.33. The Balaban J connectivity index is 1.98. The molecule has 1 amide bonds. The minimum absolute atomic E-state index is 0.261. The van der Waals surface area contributed by atoms with Crippen LogP contribution in [0.1, 0.15) is 26.3 Å². The molecule has 96 valence electrons. The van der Waals surface area contributed by atoms with Crippen LogP contribution in [-0.4, -0.2) is 34.7 Å². The van der Waals surface area contributed by atoms with Gasteiger partial charge in [-0.25, -0.2) is 4.79 Å². The van der Waals surface area contributed by atoms with Gasteiger partial charge >= 0.3 is 6.09 Å². The minimum atomic E-state index is -0.448. The van der Waals surface area contributed by atoms with Crippen LogP contribution in [0.4, 0.5) is 4.79 Å². The molecule has 0 N–H and O–H groups in total. The van der Waals surface area contributed by atoms with E-state index in [0.29, 0.717) is 13.1 Å². The Bertz CT molecular complexity index is 460. The van der Waals surface area contributed by atoms with E-state index < -0.39 is 5.60 Å². The summed E-state index contributed by atoms with van der Waals surface area (Å²) >= 11 is 0. The highest BCUT2D eigenvalue weighted by molar-refractivity contribution is 5.77. The Morgan fingerprint density at radius 3 is 2.61 bits per heavy atom. The maximum absolute atomic E-state index is 11.9. The van der Waals surface area contributed by atoms with Gasteiger partial charge < -0.3 is 9.64 Å². The van der Waals surface area contributed by atoms with E-state index in [9.17, 15) is 4.79 Å². The molecule has 0 radical (unpaired) electrons. The predicted octanol–water partition coefficient (Wildman–Crippen LogP) is 2.72. The number of amides is 1. The number of ether oxygens (including phenoxy) is 1. The van der Waals surface area contributed by atoms with Crippen molar-refractivity contribution in [2.45, 2.75) is 26.4 Å². The van der Waals surface area contributed by atoms with Gasteiger partial charge in [-0.2, -0.15) is 0 Å². The van der Waals surface area contributed by atoms with E-state index in [2.05, 4.69) is 11.1 Å². The zero-order chi connectivity index (χ0) is 13.2. The van der Waals surface area contributed by atoms with Crippen LogP contribution < -0.4 is 0 Å². The molecule has 0 fully saturated rings. The van der Waals surface area contributed by atoms with E-state index in [4.69, 9.17) is 4.74 Å². The topological polar surface area (TPSA) is 42.4 Å². The molecule has 0 atom stereocenters. The fourth-order valence-electron chi connectivity index (χ4n) is 1.80. The van der Waals surface area contributed by atoms with Gasteiger partial charge in [0, 0.05) is 25.5 Å². The molecule has 0 unspecified atom stereocenters. The third-order valence-corrected chi connectivity index (χ3v) is 2.62. The summed E-state index contributed by atoms with van der Waals surface area (Å²) < 4.78 is 5.35. The number of hydrogen-bond donors (Lipinski definition) is 0. The lowest BCUT2D eigenvalue weighted by Gasteiger charge is -2.24. The molecule has 18 heavy (non-hydrogen) atoms. The monoisotopic (exact) mass is 246 g/mol. The Labute approximate surface area is 107 Å². The van der Waals surface area contributed by atoms with Gasteiger partial charge in [-0.3, -0.25) is 4.98 Å². The molecule has 1 aromatic rings. The zero-order valence-corrected chi connectivity index (χ0v) is 11.0. The number of pyridine rings is 1. The second kappa shape index (κ2) is 4.80. The first-order chi connectivity index (χ1) is 8.46. The summed E-state index contributed by atoms with van der Waals surface area (Å²) in [6.07, 6.45) is 5.31. The number of carbonyl (C=O) groups excluding carboxylic acids is 1. The summed E-state index contributed by atoms with van der Waals surface area (Å²) in [6.45, 7) is 6.82. The van der Waals surface area contributed by atoms with Gasteiger partial charge in [-0.1, -0.05) is 6.08 Å². The third-order valence-electron chi connectivity index (χ3n) is 2.62. The van der Waals surface area contributed by atoms with Crippen molar-refractivity contribution in [2.24, 2.45) is 0 Å². The van der Waals surface area contributed by atoms with Crippen LogP contribution in [0.3, 0.4) is 0 Å². The highest BCUT2D eigenvalue weighted by atomic mass is 16.6. The Morgan fingerprint density at radius 1 is 1.33 bits per heavy atom. The fourth-order valence-corrected chi connectivity index (χ4v) is 1.80. The van der Waals surface area contributed by atoms with Crippen molar-refractivity contribution in [3.05, 3.63) is 36.2 Å². The molecule has 1 aliphatic heterocycles. The quantitative estimate of drug-likeness (QED) is 0.765. The molecule has 2 heterocycles. The first-order valence-electron chi connectivity index (χ1n) is 6.03. The number of rotatable bonds is 1. The van der Waals surface area contributed by atoms with E-state index in [-0.39, 0.29) is 6.09 Å². The van der Waals surface area contributed by atoms with Crippen molar-refractivity contribution in [3.63, 3.8) is 0 Å². The molecule has 0 bridgehead atoms. The lowest BCUT2D eigenvalue weighted by Crippen LogP contribution is -2.35. The number of nitrogens with zero attached hydrogens (tertiary/aromatic N) is 2. The minimum Gasteiger partial charge on any atom is -0.444 e. The Hall–Kier alpha value is -1.84. The molecule has 2 rings (SSSR count). The van der Waals surface area contributed by atoms with Crippen LogP contribution in [0, 0.1) is 0 Å². The normalized spacial score (nSPS) is 15.5. The van der Waals surface area contributed by atoms with Gasteiger partial charge in [-0.05, 0) is 44.0 Å². The van der Waals surface area contributed by atoms with E-state index in [1.54, 1.807) is 17.3 Å². The van der Waals surface area contributed by atoms with E-state index in [1.165, 1.54) is 0 Å². The van der Waals surface area contributed by atoms with Gasteiger partial charge in [0.15, 0.2) is 0 Å². The first-order valence-corrected chi connectivity index (χ1v) is 6.03. The molecular weight excluding hydrogens is 228 g/mol. The third kappa shape index (κ3) is 3.09. The van der Waals surface area contributed by atoms with E-state index in [0.717, 1.165) is 11.1 Å². The van der Waals surface area contributed by atoms with Crippen LogP contribution in [-0.2, 0) is 4.74 Å². The van der Waals surface area contributed by atoms with Gasteiger partial charge in [0.05, 0.1) is 0 Å². The average Bonchev–Trinajstić information content (AvgIpc) is 2.77. The molecule has 0 saturated heterocycles. The molecular formula is C14H18N2O2. The highest BCUT2D eigenvalue weighted by Crippen LogP contribution is 2.22. The lowest BCUT2D eigenvalue weighted by molar-refractivity contribution is 0.0306. The SMILES string of the molecule is CC(C)(C)OC(=O)N1CC=C(c2ccncc2)C1. The molecule has 0 aliphatic carbocycles. The van der Waals surface area contributed by atoms with Gasteiger partial charge in [-0.15, -0.1) is 0 Å². The zero-order valence-electron chi connectivity index (χ0n) is 11.0. The van der Waals surface area contributed by atoms with Crippen LogP contribution in [0.5, 0.6) is 0 Å². The van der Waals surface area contributed by atoms with E-state index in [1.807, 2.05) is 32.9 Å². The van der Waals surface area contributed by atoms with Crippen LogP contribution in [0.15, 0.2) is 30.6 Å². The maximum Gasteiger partial charge on any atom is 0.410 e. The van der Waals surface area contributed by atoms with Gasteiger partial charge in [0.2, 0.25) is 0 Å². The summed E-state index contributed by atoms with van der Waals surface area (Å²) in [4.78, 5) is 17.6. The first kappa shape index (κ1) is 12.6. The summed E-state index contributed by atoms with van der Waals surface area (Å²) in [5.41, 5.74) is 1.80. The van der Waals surface area contributed by atoms with Crippen molar-refractivity contribution < 1.29 is 9.53 Å². The summed E-state index contributed by atoms with van der Waals surface area (Å²) in [7, 11) is 0. The van der Waals surface area contributed by atoms with Crippen molar-refractivity contribution in [2.75, 3.05) is 13.1 Å². The Morgan fingerprint density at radius 2 is 2.00 bits per heavy atom. The smallest absolute Gasteiger partial charge is 0.410 e. The average molecular weight is 246 g/mol. The summed E-state index contributed by atoms with van der Waals surface area (Å²) in [6, 6.07) is 3.90. The van der Waals surface area contributed by atoms with Gasteiger partial charge in [0.1, 0.15) is 5.60 Å². The van der Waals surface area contributed by atoms with Crippen molar-refractivity contribution in [1.29, 1.82) is 0 Å². The van der Waals surface area contributed by atoms with E-state index >= 15 is 0 Å². The lowest BCUT2D eigenvalue weighted by atomic mass is 10.1. The largest absolute Gasteiger partial charge is 0.444 e. The fraction of sp³-hybridized carbons (Fsp3) is 0.429. The second-order valence-electron chi connectivity index (χ2n) is 5.33. The van der Waals surface area contributed by atoms with Crippen LogP contribution in [0.25, 0.3) is 5.57 Å². The van der Waals surface area contributed by atoms with Crippen molar-refractivity contribution in [1.82, 2.24) is 9.88 Å². The summed E-state index contributed by atoms with van der Waals surface area (Å²) in [5.74, 6) is 0. The standard InChI is InChI=1S/C14H18N2O2/c1-14(2,3)18-13(17)16-9-6-12(10-16)11-4-7-15-8-5-11/h4-8H,9-10H2,1-3H3. The summed E-state index contributed by atoms with van der Waals surface area (Å²) in [5, 5.41) is 0. The molecule has 1 aliphatic rings. The van der Waals surface area contributed by atoms with Crippen molar-refractivity contribution >= 4 is 11.7 Å². The Kier molecular flexibility index (Phi) is 3.36. The highest BCUT2D eigenvalue weighted by Gasteiger charge is 2.25.